The molecule has 3 aromatic rings. The van der Waals surface area contributed by atoms with Crippen LogP contribution in [0.3, 0.4) is 0 Å². The molecule has 30 heavy (non-hydrogen) atoms. The molecule has 0 N–H and O–H groups in total. The summed E-state index contributed by atoms with van der Waals surface area (Å²) in [6.45, 7) is 9.40. The second-order valence-corrected chi connectivity index (χ2v) is 8.49. The minimum Gasteiger partial charge on any atom is -0.416 e. The van der Waals surface area contributed by atoms with Crippen molar-refractivity contribution in [3.8, 4) is 0 Å². The Morgan fingerprint density at radius 3 is 2.53 bits per heavy atom. The molecule has 0 bridgehead atoms. The van der Waals surface area contributed by atoms with Gasteiger partial charge in [0, 0.05) is 31.6 Å². The summed E-state index contributed by atoms with van der Waals surface area (Å²) in [6.07, 6.45) is -1.82. The molecular weight excluding hydrogens is 399 g/mol. The maximum Gasteiger partial charge on any atom is 0.470 e. The fourth-order valence-corrected chi connectivity index (χ4v) is 3.38. The molecule has 0 amide bonds. The molecular formula is C19H24F3N7O. The lowest BCUT2D eigenvalue weighted by atomic mass is 9.93. The number of nitrogens with zero attached hydrogens (tertiary/aromatic N) is 7. The molecule has 4 rings (SSSR count). The van der Waals surface area contributed by atoms with Crippen LogP contribution in [0.2, 0.25) is 0 Å². The van der Waals surface area contributed by atoms with Crippen molar-refractivity contribution in [3.05, 3.63) is 35.8 Å². The summed E-state index contributed by atoms with van der Waals surface area (Å²) in [6, 6.07) is 3.91. The summed E-state index contributed by atoms with van der Waals surface area (Å²) in [5, 5.41) is 11.3. The third-order valence-corrected chi connectivity index (χ3v) is 5.06. The number of anilines is 1. The van der Waals surface area contributed by atoms with Gasteiger partial charge in [-0.3, -0.25) is 4.90 Å². The highest BCUT2D eigenvalue weighted by Gasteiger charge is 2.38. The van der Waals surface area contributed by atoms with Crippen molar-refractivity contribution in [1.29, 1.82) is 0 Å². The summed E-state index contributed by atoms with van der Waals surface area (Å²) in [5.74, 6) is -0.482. The van der Waals surface area contributed by atoms with E-state index < -0.39 is 12.1 Å². The van der Waals surface area contributed by atoms with E-state index in [1.165, 1.54) is 0 Å². The fraction of sp³-hybridized carbons (Fsp3) is 0.579. The first-order valence-electron chi connectivity index (χ1n) is 9.83. The summed E-state index contributed by atoms with van der Waals surface area (Å²) in [4.78, 5) is 8.82. The average molecular weight is 423 g/mol. The van der Waals surface area contributed by atoms with Crippen LogP contribution in [0.15, 0.2) is 22.7 Å². The number of hydrogen-bond donors (Lipinski definition) is 0. The number of halogens is 3. The van der Waals surface area contributed by atoms with E-state index in [-0.39, 0.29) is 17.9 Å². The molecule has 0 atom stereocenters. The molecule has 0 unspecified atom stereocenters. The van der Waals surface area contributed by atoms with Gasteiger partial charge in [-0.25, -0.2) is 9.50 Å². The maximum atomic E-state index is 12.6. The molecule has 0 radical (unpaired) electrons. The van der Waals surface area contributed by atoms with Crippen molar-refractivity contribution in [1.82, 2.24) is 29.7 Å². The van der Waals surface area contributed by atoms with E-state index in [1.54, 1.807) is 4.52 Å². The van der Waals surface area contributed by atoms with Crippen molar-refractivity contribution in [2.45, 2.75) is 45.3 Å². The van der Waals surface area contributed by atoms with Crippen LogP contribution in [0, 0.1) is 0 Å². The molecule has 1 aliphatic heterocycles. The Bertz CT molecular complexity index is 1020. The topological polar surface area (TPSA) is 75.6 Å². The Kier molecular flexibility index (Phi) is 5.16. The fourth-order valence-electron chi connectivity index (χ4n) is 3.38. The monoisotopic (exact) mass is 423 g/mol. The normalized spacial score (nSPS) is 16.9. The van der Waals surface area contributed by atoms with Crippen molar-refractivity contribution < 1.29 is 17.6 Å². The Morgan fingerprint density at radius 2 is 1.83 bits per heavy atom. The van der Waals surface area contributed by atoms with E-state index in [9.17, 15) is 13.2 Å². The van der Waals surface area contributed by atoms with Crippen LogP contribution in [-0.2, 0) is 18.1 Å². The lowest BCUT2D eigenvalue weighted by molar-refractivity contribution is -0.157. The zero-order valence-corrected chi connectivity index (χ0v) is 17.1. The van der Waals surface area contributed by atoms with Crippen molar-refractivity contribution >= 4 is 11.5 Å². The number of fused-ring (bicyclic) bond motifs is 1. The minimum absolute atomic E-state index is 0.0246. The zero-order valence-electron chi connectivity index (χ0n) is 17.1. The lowest BCUT2D eigenvalue weighted by Crippen LogP contribution is -2.31. The third kappa shape index (κ3) is 4.40. The Balaban J connectivity index is 1.43. The van der Waals surface area contributed by atoms with E-state index in [0.717, 1.165) is 36.7 Å². The smallest absolute Gasteiger partial charge is 0.416 e. The summed E-state index contributed by atoms with van der Waals surface area (Å²) in [7, 11) is 0. The van der Waals surface area contributed by atoms with Crippen LogP contribution in [0.4, 0.5) is 19.0 Å². The van der Waals surface area contributed by atoms with Crippen LogP contribution in [0.25, 0.3) is 5.65 Å². The van der Waals surface area contributed by atoms with Crippen molar-refractivity contribution in [3.63, 3.8) is 0 Å². The van der Waals surface area contributed by atoms with Gasteiger partial charge in [0.25, 0.3) is 0 Å². The predicted molar refractivity (Wildman–Crippen MR) is 103 cm³/mol. The average Bonchev–Trinajstić information content (AvgIpc) is 3.23. The molecule has 8 nitrogen and oxygen atoms in total. The molecule has 0 aliphatic carbocycles. The van der Waals surface area contributed by atoms with Gasteiger partial charge in [0.15, 0.2) is 5.65 Å². The van der Waals surface area contributed by atoms with Gasteiger partial charge < -0.3 is 9.32 Å². The molecule has 3 aromatic heterocycles. The lowest BCUT2D eigenvalue weighted by Gasteiger charge is -2.22. The first-order chi connectivity index (χ1) is 14.1. The van der Waals surface area contributed by atoms with Gasteiger partial charge in [0.2, 0.25) is 5.89 Å². The number of rotatable bonds is 3. The number of alkyl halides is 3. The molecule has 1 fully saturated rings. The van der Waals surface area contributed by atoms with Gasteiger partial charge in [-0.15, -0.1) is 15.3 Å². The first kappa shape index (κ1) is 20.6. The highest BCUT2D eigenvalue weighted by molar-refractivity contribution is 5.47. The van der Waals surface area contributed by atoms with Crippen LogP contribution < -0.4 is 4.90 Å². The standard InChI is InChI=1S/C19H24F3N7O/c1-18(2,3)13-11-29-14(23-13)5-6-15(26-29)28-8-4-7-27(9-10-28)12-16-24-25-17(30-16)19(20,21)22/h5-6,11H,4,7-10,12H2,1-3H3. The number of hydrogen-bond acceptors (Lipinski definition) is 7. The van der Waals surface area contributed by atoms with E-state index in [4.69, 9.17) is 9.52 Å². The Morgan fingerprint density at radius 1 is 1.03 bits per heavy atom. The van der Waals surface area contributed by atoms with Gasteiger partial charge in [-0.1, -0.05) is 20.8 Å². The minimum atomic E-state index is -4.62. The van der Waals surface area contributed by atoms with E-state index in [2.05, 4.69) is 40.9 Å². The van der Waals surface area contributed by atoms with E-state index in [1.807, 2.05) is 23.2 Å². The van der Waals surface area contributed by atoms with E-state index in [0.29, 0.717) is 13.1 Å². The zero-order chi connectivity index (χ0) is 21.5. The quantitative estimate of drug-likeness (QED) is 0.641. The van der Waals surface area contributed by atoms with Gasteiger partial charge in [-0.05, 0) is 18.6 Å². The molecule has 1 aliphatic rings. The molecule has 162 valence electrons. The van der Waals surface area contributed by atoms with Gasteiger partial charge in [0.05, 0.1) is 18.4 Å². The highest BCUT2D eigenvalue weighted by Crippen LogP contribution is 2.28. The van der Waals surface area contributed by atoms with Gasteiger partial charge in [0.1, 0.15) is 5.82 Å². The summed E-state index contributed by atoms with van der Waals surface area (Å²) < 4.78 is 44.5. The van der Waals surface area contributed by atoms with Crippen LogP contribution in [0.1, 0.15) is 44.7 Å². The maximum absolute atomic E-state index is 12.6. The summed E-state index contributed by atoms with van der Waals surface area (Å²) in [5.41, 5.74) is 1.72. The molecule has 1 saturated heterocycles. The van der Waals surface area contributed by atoms with Gasteiger partial charge >= 0.3 is 12.1 Å². The van der Waals surface area contributed by atoms with Crippen LogP contribution in [0.5, 0.6) is 0 Å². The van der Waals surface area contributed by atoms with Crippen LogP contribution in [-0.4, -0.2) is 55.9 Å². The first-order valence-corrected chi connectivity index (χ1v) is 9.83. The number of imidazole rings is 1. The van der Waals surface area contributed by atoms with E-state index >= 15 is 0 Å². The Labute approximate surface area is 171 Å². The molecule has 11 heteroatoms. The van der Waals surface area contributed by atoms with Gasteiger partial charge in [-0.2, -0.15) is 13.2 Å². The Hall–Kier alpha value is -2.69. The van der Waals surface area contributed by atoms with Crippen molar-refractivity contribution in [2.75, 3.05) is 31.1 Å². The summed E-state index contributed by atoms with van der Waals surface area (Å²) >= 11 is 0. The largest absolute Gasteiger partial charge is 0.470 e. The molecule has 0 spiro atoms. The van der Waals surface area contributed by atoms with Crippen molar-refractivity contribution in [2.24, 2.45) is 0 Å². The highest BCUT2D eigenvalue weighted by atomic mass is 19.4. The predicted octanol–water partition coefficient (Wildman–Crippen LogP) is 3.14. The number of aromatic nitrogens is 5. The molecule has 0 aromatic carbocycles. The molecule has 0 saturated carbocycles. The SMILES string of the molecule is CC(C)(C)c1cn2nc(N3CCCN(Cc4nnc(C(F)(F)F)o4)CC3)ccc2n1. The molecule has 4 heterocycles. The third-order valence-electron chi connectivity index (χ3n) is 5.06. The second-order valence-electron chi connectivity index (χ2n) is 8.49. The second kappa shape index (κ2) is 7.53. The van der Waals surface area contributed by atoms with Crippen LogP contribution >= 0.6 is 0 Å².